The summed E-state index contributed by atoms with van der Waals surface area (Å²) in [4.78, 5) is 18.8. The number of unbranched alkanes of at least 4 members (excludes halogenated alkanes) is 1. The zero-order valence-corrected chi connectivity index (χ0v) is 13.0. The highest BCUT2D eigenvalue weighted by Crippen LogP contribution is 2.26. The van der Waals surface area contributed by atoms with E-state index >= 15 is 0 Å². The van der Waals surface area contributed by atoms with Gasteiger partial charge in [-0.2, -0.15) is 4.98 Å². The number of nitrogens with zero attached hydrogens (tertiary/aromatic N) is 3. The van der Waals surface area contributed by atoms with Gasteiger partial charge in [0.15, 0.2) is 0 Å². The molecule has 0 aliphatic heterocycles. The van der Waals surface area contributed by atoms with Gasteiger partial charge in [0.1, 0.15) is 5.69 Å². The van der Waals surface area contributed by atoms with Crippen LogP contribution in [0.3, 0.4) is 0 Å². The number of anilines is 2. The molecule has 21 heavy (non-hydrogen) atoms. The maximum absolute atomic E-state index is 11.1. The van der Waals surface area contributed by atoms with Crippen molar-refractivity contribution in [3.63, 3.8) is 0 Å². The first-order chi connectivity index (χ1) is 9.95. The van der Waals surface area contributed by atoms with Crippen LogP contribution in [0.5, 0.6) is 0 Å². The van der Waals surface area contributed by atoms with E-state index in [-0.39, 0.29) is 17.6 Å². The van der Waals surface area contributed by atoms with Crippen molar-refractivity contribution in [3.05, 3.63) is 15.8 Å². The van der Waals surface area contributed by atoms with Gasteiger partial charge < -0.3 is 15.4 Å². The molecule has 0 saturated heterocycles. The smallest absolute Gasteiger partial charge is 0.332 e. The summed E-state index contributed by atoms with van der Waals surface area (Å²) in [5.41, 5.74) is 0.262. The number of hydrogen-bond acceptors (Lipinski definition) is 7. The molecule has 2 N–H and O–H groups in total. The summed E-state index contributed by atoms with van der Waals surface area (Å²) >= 11 is 0. The molecule has 1 rings (SSSR count). The van der Waals surface area contributed by atoms with Crippen LogP contribution in [0.4, 0.5) is 17.5 Å². The first kappa shape index (κ1) is 17.1. The van der Waals surface area contributed by atoms with E-state index in [4.69, 9.17) is 4.74 Å². The average Bonchev–Trinajstić information content (AvgIpc) is 2.41. The second-order valence-electron chi connectivity index (χ2n) is 4.89. The van der Waals surface area contributed by atoms with E-state index in [2.05, 4.69) is 20.6 Å². The summed E-state index contributed by atoms with van der Waals surface area (Å²) in [6.45, 7) is 6.87. The van der Waals surface area contributed by atoms with Crippen molar-refractivity contribution >= 4 is 17.5 Å². The fourth-order valence-electron chi connectivity index (χ4n) is 1.77. The molecule has 0 aromatic carbocycles. The molecule has 8 nitrogen and oxygen atoms in total. The molecule has 0 saturated carbocycles. The van der Waals surface area contributed by atoms with E-state index in [0.717, 1.165) is 12.8 Å². The zero-order chi connectivity index (χ0) is 15.8. The summed E-state index contributed by atoms with van der Waals surface area (Å²) in [5.74, 6) is 0.616. The molecule has 1 aromatic rings. The monoisotopic (exact) mass is 297 g/mol. The van der Waals surface area contributed by atoms with Crippen molar-refractivity contribution < 1.29 is 9.66 Å². The molecule has 0 fully saturated rings. The molecule has 1 aromatic heterocycles. The lowest BCUT2D eigenvalue weighted by Gasteiger charge is -2.10. The summed E-state index contributed by atoms with van der Waals surface area (Å²) in [6.07, 6.45) is 1.96. The predicted molar refractivity (Wildman–Crippen MR) is 81.8 cm³/mol. The normalized spacial score (nSPS) is 10.7. The van der Waals surface area contributed by atoms with Crippen LogP contribution in [-0.4, -0.2) is 41.2 Å². The van der Waals surface area contributed by atoms with Crippen LogP contribution < -0.4 is 10.6 Å². The molecule has 0 aliphatic carbocycles. The molecule has 8 heteroatoms. The maximum atomic E-state index is 11.1. The van der Waals surface area contributed by atoms with Crippen LogP contribution in [0.15, 0.2) is 0 Å². The Hall–Kier alpha value is -1.96. The van der Waals surface area contributed by atoms with E-state index in [9.17, 15) is 10.1 Å². The molecule has 0 unspecified atom stereocenters. The third-order valence-electron chi connectivity index (χ3n) is 2.78. The fourth-order valence-corrected chi connectivity index (χ4v) is 1.77. The minimum absolute atomic E-state index is 0.0765. The van der Waals surface area contributed by atoms with Gasteiger partial charge in [-0.3, -0.25) is 10.1 Å². The molecular formula is C13H23N5O3. The van der Waals surface area contributed by atoms with Crippen LogP contribution >= 0.6 is 0 Å². The molecular weight excluding hydrogens is 274 g/mol. The number of aromatic nitrogens is 2. The van der Waals surface area contributed by atoms with E-state index in [1.165, 1.54) is 0 Å². The first-order valence-corrected chi connectivity index (χ1v) is 7.02. The van der Waals surface area contributed by atoms with Crippen LogP contribution in [0.2, 0.25) is 0 Å². The van der Waals surface area contributed by atoms with Crippen LogP contribution in [0, 0.1) is 17.0 Å². The van der Waals surface area contributed by atoms with E-state index in [1.807, 2.05) is 13.8 Å². The highest BCUT2D eigenvalue weighted by Gasteiger charge is 2.21. The minimum atomic E-state index is -0.459. The minimum Gasteiger partial charge on any atom is -0.379 e. The lowest BCUT2D eigenvalue weighted by atomic mass is 10.3. The third kappa shape index (κ3) is 5.50. The molecule has 0 bridgehead atoms. The van der Waals surface area contributed by atoms with Gasteiger partial charge in [-0.05, 0) is 33.6 Å². The lowest BCUT2D eigenvalue weighted by molar-refractivity contribution is -0.385. The standard InChI is InChI=1S/C13H23N5O3/c1-9(2)21-8-6-5-7-15-12-11(18(19)20)10(3)16-13(14-4)17-12/h9H,5-8H2,1-4H3,(H2,14,15,16,17). The van der Waals surface area contributed by atoms with Crippen molar-refractivity contribution in [1.82, 2.24) is 9.97 Å². The van der Waals surface area contributed by atoms with Crippen molar-refractivity contribution in [2.75, 3.05) is 30.8 Å². The van der Waals surface area contributed by atoms with E-state index < -0.39 is 4.92 Å². The fraction of sp³-hybridized carbons (Fsp3) is 0.692. The Morgan fingerprint density at radius 1 is 1.33 bits per heavy atom. The Kier molecular flexibility index (Phi) is 6.80. The Morgan fingerprint density at radius 2 is 2.05 bits per heavy atom. The van der Waals surface area contributed by atoms with Gasteiger partial charge in [-0.25, -0.2) is 4.98 Å². The molecule has 0 amide bonds. The third-order valence-corrected chi connectivity index (χ3v) is 2.78. The summed E-state index contributed by atoms with van der Waals surface area (Å²) in [6, 6.07) is 0. The van der Waals surface area contributed by atoms with Gasteiger partial charge in [-0.15, -0.1) is 0 Å². The Bertz CT molecular complexity index is 479. The van der Waals surface area contributed by atoms with Gasteiger partial charge in [0, 0.05) is 20.2 Å². The van der Waals surface area contributed by atoms with Crippen molar-refractivity contribution in [2.24, 2.45) is 0 Å². The molecule has 0 radical (unpaired) electrons. The van der Waals surface area contributed by atoms with E-state index in [0.29, 0.717) is 24.8 Å². The first-order valence-electron chi connectivity index (χ1n) is 7.02. The lowest BCUT2D eigenvalue weighted by Crippen LogP contribution is -2.11. The highest BCUT2D eigenvalue weighted by atomic mass is 16.6. The Balaban J connectivity index is 2.60. The zero-order valence-electron chi connectivity index (χ0n) is 13.0. The van der Waals surface area contributed by atoms with E-state index in [1.54, 1.807) is 14.0 Å². The molecule has 0 spiro atoms. The van der Waals surface area contributed by atoms with Gasteiger partial charge in [0.05, 0.1) is 11.0 Å². The average molecular weight is 297 g/mol. The van der Waals surface area contributed by atoms with Gasteiger partial charge >= 0.3 is 5.69 Å². The van der Waals surface area contributed by atoms with Crippen LogP contribution in [0.1, 0.15) is 32.4 Å². The molecule has 0 aliphatic rings. The van der Waals surface area contributed by atoms with Gasteiger partial charge in [-0.1, -0.05) is 0 Å². The summed E-state index contributed by atoms with van der Waals surface area (Å²) in [7, 11) is 1.67. The predicted octanol–water partition coefficient (Wildman–Crippen LogP) is 2.35. The molecule has 118 valence electrons. The number of aryl methyl sites for hydroxylation is 1. The summed E-state index contributed by atoms with van der Waals surface area (Å²) in [5, 5.41) is 16.9. The highest BCUT2D eigenvalue weighted by molar-refractivity contribution is 5.60. The maximum Gasteiger partial charge on any atom is 0.332 e. The van der Waals surface area contributed by atoms with Crippen LogP contribution in [-0.2, 0) is 4.74 Å². The van der Waals surface area contributed by atoms with Crippen molar-refractivity contribution in [2.45, 2.75) is 39.7 Å². The van der Waals surface area contributed by atoms with Crippen LogP contribution in [0.25, 0.3) is 0 Å². The number of hydrogen-bond donors (Lipinski definition) is 2. The number of nitro groups is 1. The Morgan fingerprint density at radius 3 is 2.62 bits per heavy atom. The second-order valence-corrected chi connectivity index (χ2v) is 4.89. The number of ether oxygens (including phenoxy) is 1. The van der Waals surface area contributed by atoms with Crippen molar-refractivity contribution in [1.29, 1.82) is 0 Å². The molecule has 1 heterocycles. The SMILES string of the molecule is CNc1nc(C)c([N+](=O)[O-])c(NCCCCOC(C)C)n1. The number of rotatable bonds is 9. The quantitative estimate of drug-likeness (QED) is 0.409. The molecule has 0 atom stereocenters. The topological polar surface area (TPSA) is 102 Å². The van der Waals surface area contributed by atoms with Gasteiger partial charge in [0.2, 0.25) is 11.8 Å². The second kappa shape index (κ2) is 8.35. The Labute approximate surface area is 124 Å². The summed E-state index contributed by atoms with van der Waals surface area (Å²) < 4.78 is 5.44. The van der Waals surface area contributed by atoms with Crippen molar-refractivity contribution in [3.8, 4) is 0 Å². The largest absolute Gasteiger partial charge is 0.379 e. The van der Waals surface area contributed by atoms with Gasteiger partial charge in [0.25, 0.3) is 0 Å². The number of nitrogens with one attached hydrogen (secondary N) is 2.